The summed E-state index contributed by atoms with van der Waals surface area (Å²) in [4.78, 5) is 0. The predicted octanol–water partition coefficient (Wildman–Crippen LogP) is 2.84. The highest BCUT2D eigenvalue weighted by Gasteiger charge is 2.30. The number of hydrogen-bond donors (Lipinski definition) is 1. The Balaban J connectivity index is 2.21. The maximum atomic E-state index is 5.72. The molecule has 0 saturated heterocycles. The van der Waals surface area contributed by atoms with Gasteiger partial charge in [-0.2, -0.15) is 0 Å². The van der Waals surface area contributed by atoms with E-state index < -0.39 is 0 Å². The summed E-state index contributed by atoms with van der Waals surface area (Å²) in [5.74, 6) is 0. The van der Waals surface area contributed by atoms with Crippen LogP contribution in [0.3, 0.4) is 0 Å². The average molecular weight is 194 g/mol. The smallest absolute Gasteiger partial charge is 0.0432 e. The van der Waals surface area contributed by atoms with Crippen LogP contribution in [-0.4, -0.2) is 12.1 Å². The van der Waals surface area contributed by atoms with Crippen molar-refractivity contribution in [1.82, 2.24) is 5.32 Å². The quantitative estimate of drug-likeness (QED) is 0.728. The van der Waals surface area contributed by atoms with Crippen molar-refractivity contribution in [3.63, 3.8) is 0 Å². The SMILES string of the molecule is CC1(NCC(Cl)=CCl)CCC1. The molecule has 11 heavy (non-hydrogen) atoms. The third-order valence-corrected chi connectivity index (χ3v) is 2.88. The Morgan fingerprint density at radius 3 is 2.64 bits per heavy atom. The van der Waals surface area contributed by atoms with Gasteiger partial charge < -0.3 is 5.32 Å². The highest BCUT2D eigenvalue weighted by Crippen LogP contribution is 2.30. The van der Waals surface area contributed by atoms with Gasteiger partial charge in [0, 0.05) is 22.7 Å². The molecule has 1 aliphatic rings. The van der Waals surface area contributed by atoms with Crippen molar-refractivity contribution in [2.45, 2.75) is 31.7 Å². The van der Waals surface area contributed by atoms with E-state index in [1.807, 2.05) is 0 Å². The minimum Gasteiger partial charge on any atom is -0.307 e. The van der Waals surface area contributed by atoms with Gasteiger partial charge >= 0.3 is 0 Å². The van der Waals surface area contributed by atoms with Crippen LogP contribution in [0.5, 0.6) is 0 Å². The Morgan fingerprint density at radius 1 is 1.64 bits per heavy atom. The summed E-state index contributed by atoms with van der Waals surface area (Å²) >= 11 is 11.1. The molecule has 0 aromatic rings. The van der Waals surface area contributed by atoms with E-state index in [4.69, 9.17) is 23.2 Å². The second-order valence-corrected chi connectivity index (χ2v) is 4.03. The second kappa shape index (κ2) is 3.79. The lowest BCUT2D eigenvalue weighted by atomic mass is 9.78. The average Bonchev–Trinajstić information content (AvgIpc) is 1.96. The van der Waals surface area contributed by atoms with Crippen LogP contribution in [0, 0.1) is 0 Å². The molecular formula is C8H13Cl2N. The van der Waals surface area contributed by atoms with E-state index in [2.05, 4.69) is 12.2 Å². The number of rotatable bonds is 3. The summed E-state index contributed by atoms with van der Waals surface area (Å²) in [6.07, 6.45) is 3.82. The van der Waals surface area contributed by atoms with Crippen molar-refractivity contribution in [3.8, 4) is 0 Å². The van der Waals surface area contributed by atoms with Crippen molar-refractivity contribution >= 4 is 23.2 Å². The summed E-state index contributed by atoms with van der Waals surface area (Å²) in [7, 11) is 0. The van der Waals surface area contributed by atoms with Crippen molar-refractivity contribution in [1.29, 1.82) is 0 Å². The molecule has 0 aliphatic heterocycles. The summed E-state index contributed by atoms with van der Waals surface area (Å²) in [5, 5.41) is 4.04. The summed E-state index contributed by atoms with van der Waals surface area (Å²) in [6, 6.07) is 0. The number of nitrogens with one attached hydrogen (secondary N) is 1. The van der Waals surface area contributed by atoms with E-state index >= 15 is 0 Å². The minimum atomic E-state index is 0.319. The molecular weight excluding hydrogens is 181 g/mol. The topological polar surface area (TPSA) is 12.0 Å². The number of hydrogen-bond acceptors (Lipinski definition) is 1. The molecule has 0 unspecified atom stereocenters. The van der Waals surface area contributed by atoms with Crippen LogP contribution in [0.2, 0.25) is 0 Å². The zero-order valence-electron chi connectivity index (χ0n) is 6.66. The summed E-state index contributed by atoms with van der Waals surface area (Å²) in [5.41, 5.74) is 1.73. The molecule has 1 saturated carbocycles. The Morgan fingerprint density at radius 2 is 2.27 bits per heavy atom. The van der Waals surface area contributed by atoms with E-state index in [-0.39, 0.29) is 0 Å². The van der Waals surface area contributed by atoms with Crippen molar-refractivity contribution in [2.75, 3.05) is 6.54 Å². The third-order valence-electron chi connectivity index (χ3n) is 2.26. The summed E-state index contributed by atoms with van der Waals surface area (Å²) in [6.45, 7) is 2.91. The van der Waals surface area contributed by atoms with Gasteiger partial charge in [0.1, 0.15) is 0 Å². The molecule has 0 spiro atoms. The third kappa shape index (κ3) is 2.66. The van der Waals surface area contributed by atoms with Crippen molar-refractivity contribution < 1.29 is 0 Å². The fourth-order valence-electron chi connectivity index (χ4n) is 1.22. The first-order valence-corrected chi connectivity index (χ1v) is 4.67. The maximum absolute atomic E-state index is 5.72. The lowest BCUT2D eigenvalue weighted by molar-refractivity contribution is 0.216. The molecule has 1 fully saturated rings. The first kappa shape index (κ1) is 9.37. The molecule has 64 valence electrons. The molecule has 1 nitrogen and oxygen atoms in total. The lowest BCUT2D eigenvalue weighted by Crippen LogP contribution is -2.48. The molecule has 0 bridgehead atoms. The monoisotopic (exact) mass is 193 g/mol. The van der Waals surface area contributed by atoms with Crippen LogP contribution in [0.15, 0.2) is 10.6 Å². The van der Waals surface area contributed by atoms with Gasteiger partial charge in [-0.25, -0.2) is 0 Å². The molecule has 0 radical (unpaired) electrons. The van der Waals surface area contributed by atoms with Crippen LogP contribution < -0.4 is 5.32 Å². The molecule has 0 amide bonds. The zero-order valence-corrected chi connectivity index (χ0v) is 8.17. The van der Waals surface area contributed by atoms with E-state index in [0.29, 0.717) is 17.1 Å². The Labute approximate surface area is 77.8 Å². The van der Waals surface area contributed by atoms with E-state index in [1.54, 1.807) is 0 Å². The lowest BCUT2D eigenvalue weighted by Gasteiger charge is -2.39. The van der Waals surface area contributed by atoms with E-state index in [9.17, 15) is 0 Å². The maximum Gasteiger partial charge on any atom is 0.0432 e. The summed E-state index contributed by atoms with van der Waals surface area (Å²) < 4.78 is 0. The van der Waals surface area contributed by atoms with Gasteiger partial charge in [-0.1, -0.05) is 23.2 Å². The first-order valence-electron chi connectivity index (χ1n) is 3.86. The van der Waals surface area contributed by atoms with Crippen LogP contribution in [0.1, 0.15) is 26.2 Å². The van der Waals surface area contributed by atoms with Crippen LogP contribution >= 0.6 is 23.2 Å². The molecule has 0 aromatic heterocycles. The van der Waals surface area contributed by atoms with Gasteiger partial charge in [-0.15, -0.1) is 0 Å². The van der Waals surface area contributed by atoms with E-state index in [1.165, 1.54) is 24.8 Å². The molecule has 0 heterocycles. The van der Waals surface area contributed by atoms with E-state index in [0.717, 1.165) is 0 Å². The highest BCUT2D eigenvalue weighted by molar-refractivity contribution is 6.36. The van der Waals surface area contributed by atoms with Crippen LogP contribution in [-0.2, 0) is 0 Å². The molecule has 1 aliphatic carbocycles. The fraction of sp³-hybridized carbons (Fsp3) is 0.750. The molecule has 1 rings (SSSR count). The van der Waals surface area contributed by atoms with Gasteiger partial charge in [-0.3, -0.25) is 0 Å². The van der Waals surface area contributed by atoms with Crippen LogP contribution in [0.25, 0.3) is 0 Å². The molecule has 0 atom stereocenters. The molecule has 3 heteroatoms. The van der Waals surface area contributed by atoms with Gasteiger partial charge in [-0.05, 0) is 26.2 Å². The van der Waals surface area contributed by atoms with Crippen molar-refractivity contribution in [2.24, 2.45) is 0 Å². The van der Waals surface area contributed by atoms with Crippen molar-refractivity contribution in [3.05, 3.63) is 10.6 Å². The van der Waals surface area contributed by atoms with Crippen LogP contribution in [0.4, 0.5) is 0 Å². The minimum absolute atomic E-state index is 0.319. The predicted molar refractivity (Wildman–Crippen MR) is 50.0 cm³/mol. The van der Waals surface area contributed by atoms with Gasteiger partial charge in [0.2, 0.25) is 0 Å². The highest BCUT2D eigenvalue weighted by atomic mass is 35.5. The van der Waals surface area contributed by atoms with Gasteiger partial charge in [0.05, 0.1) is 0 Å². The van der Waals surface area contributed by atoms with Gasteiger partial charge in [0.15, 0.2) is 0 Å². The number of halogens is 2. The Bertz CT molecular complexity index is 161. The normalized spacial score (nSPS) is 23.0. The molecule has 0 aromatic carbocycles. The Kier molecular flexibility index (Phi) is 3.23. The second-order valence-electron chi connectivity index (χ2n) is 3.32. The molecule has 1 N–H and O–H groups in total. The zero-order chi connectivity index (χ0) is 8.32. The Hall–Kier alpha value is 0.280. The largest absolute Gasteiger partial charge is 0.307 e. The first-order chi connectivity index (χ1) is 5.16. The fourth-order valence-corrected chi connectivity index (χ4v) is 1.36. The van der Waals surface area contributed by atoms with Gasteiger partial charge in [0.25, 0.3) is 0 Å². The standard InChI is InChI=1S/C8H13Cl2N/c1-8(3-2-4-8)11-6-7(10)5-9/h5,11H,2-4,6H2,1H3.